The van der Waals surface area contributed by atoms with Crippen molar-refractivity contribution >= 4 is 5.71 Å². The minimum absolute atomic E-state index is 0.173. The number of fused-ring (bicyclic) bond motifs is 3. The molecule has 4 nitrogen and oxygen atoms in total. The van der Waals surface area contributed by atoms with E-state index in [1.165, 1.54) is 16.7 Å². The molecule has 4 heteroatoms. The van der Waals surface area contributed by atoms with Gasteiger partial charge in [-0.05, 0) is 49.2 Å². The summed E-state index contributed by atoms with van der Waals surface area (Å²) in [5.74, 6) is 1.83. The molecule has 2 aliphatic rings. The monoisotopic (exact) mass is 398 g/mol. The molecule has 0 bridgehead atoms. The Hall–Kier alpha value is -3.27. The number of para-hydroxylation sites is 1. The van der Waals surface area contributed by atoms with Crippen molar-refractivity contribution in [2.45, 2.75) is 39.0 Å². The molecular weight excluding hydrogens is 372 g/mol. The summed E-state index contributed by atoms with van der Waals surface area (Å²) >= 11 is 0. The predicted octanol–water partition coefficient (Wildman–Crippen LogP) is 6.03. The second-order valence-corrected chi connectivity index (χ2v) is 7.94. The second kappa shape index (κ2) is 7.86. The largest absolute Gasteiger partial charge is 0.494 e. The number of hydrazone groups is 1. The fourth-order valence-electron chi connectivity index (χ4n) is 4.12. The smallest absolute Gasteiger partial charge is 0.213 e. The average Bonchev–Trinajstić information content (AvgIpc) is 3.24. The third-order valence-electron chi connectivity index (χ3n) is 5.72. The van der Waals surface area contributed by atoms with Crippen molar-refractivity contribution in [3.63, 3.8) is 0 Å². The van der Waals surface area contributed by atoms with E-state index in [4.69, 9.17) is 14.6 Å². The molecule has 3 aromatic carbocycles. The number of aryl methyl sites for hydroxylation is 1. The third-order valence-corrected chi connectivity index (χ3v) is 5.72. The van der Waals surface area contributed by atoms with Crippen LogP contribution in [0.2, 0.25) is 0 Å². The first-order chi connectivity index (χ1) is 14.7. The zero-order chi connectivity index (χ0) is 20.5. The first kappa shape index (κ1) is 18.7. The van der Waals surface area contributed by atoms with Crippen LogP contribution in [0, 0.1) is 6.92 Å². The molecular formula is C26H26N2O2. The van der Waals surface area contributed by atoms with Crippen LogP contribution >= 0.6 is 0 Å². The summed E-state index contributed by atoms with van der Waals surface area (Å²) in [5, 5.41) is 7.16. The van der Waals surface area contributed by atoms with Crippen LogP contribution in [-0.2, 0) is 0 Å². The van der Waals surface area contributed by atoms with Gasteiger partial charge >= 0.3 is 0 Å². The maximum Gasteiger partial charge on any atom is 0.213 e. The van der Waals surface area contributed by atoms with Gasteiger partial charge in [-0.3, -0.25) is 0 Å². The highest BCUT2D eigenvalue weighted by Crippen LogP contribution is 2.47. The molecule has 3 aromatic rings. The molecule has 0 fully saturated rings. The molecule has 5 rings (SSSR count). The normalized spacial score (nSPS) is 19.5. The van der Waals surface area contributed by atoms with Gasteiger partial charge in [0.1, 0.15) is 11.5 Å². The van der Waals surface area contributed by atoms with E-state index in [-0.39, 0.29) is 12.3 Å². The molecule has 0 unspecified atom stereocenters. The zero-order valence-electron chi connectivity index (χ0n) is 17.4. The van der Waals surface area contributed by atoms with E-state index < -0.39 is 0 Å². The number of nitrogens with zero attached hydrogens (tertiary/aromatic N) is 2. The number of ether oxygens (including phenoxy) is 2. The van der Waals surface area contributed by atoms with Gasteiger partial charge in [0, 0.05) is 17.5 Å². The van der Waals surface area contributed by atoms with Crippen LogP contribution in [0.1, 0.15) is 54.3 Å². The topological polar surface area (TPSA) is 34.1 Å². The first-order valence-corrected chi connectivity index (χ1v) is 10.6. The van der Waals surface area contributed by atoms with E-state index in [2.05, 4.69) is 73.5 Å². The Morgan fingerprint density at radius 2 is 1.77 bits per heavy atom. The maximum atomic E-state index is 6.43. The molecule has 0 radical (unpaired) electrons. The molecule has 0 amide bonds. The Kier molecular flexibility index (Phi) is 4.91. The minimum atomic E-state index is -0.256. The first-order valence-electron chi connectivity index (χ1n) is 10.6. The van der Waals surface area contributed by atoms with Crippen LogP contribution in [-0.4, -0.2) is 17.3 Å². The summed E-state index contributed by atoms with van der Waals surface area (Å²) < 4.78 is 12.2. The molecule has 0 aromatic heterocycles. The van der Waals surface area contributed by atoms with Crippen molar-refractivity contribution in [3.05, 3.63) is 95.1 Å². The molecule has 2 atom stereocenters. The van der Waals surface area contributed by atoms with E-state index in [1.807, 2.05) is 18.2 Å². The van der Waals surface area contributed by atoms with Crippen LogP contribution in [0.5, 0.6) is 11.5 Å². The fraction of sp³-hybridized carbons (Fsp3) is 0.269. The maximum absolute atomic E-state index is 6.43. The van der Waals surface area contributed by atoms with Gasteiger partial charge in [0.15, 0.2) is 0 Å². The number of hydrogen-bond acceptors (Lipinski definition) is 4. The molecule has 2 aliphatic heterocycles. The lowest BCUT2D eigenvalue weighted by Gasteiger charge is -2.38. The van der Waals surface area contributed by atoms with Crippen LogP contribution in [0.4, 0.5) is 0 Å². The van der Waals surface area contributed by atoms with E-state index in [9.17, 15) is 0 Å². The van der Waals surface area contributed by atoms with Crippen molar-refractivity contribution in [1.29, 1.82) is 0 Å². The van der Waals surface area contributed by atoms with Gasteiger partial charge < -0.3 is 9.47 Å². The lowest BCUT2D eigenvalue weighted by atomic mass is 9.95. The van der Waals surface area contributed by atoms with Crippen LogP contribution < -0.4 is 9.47 Å². The summed E-state index contributed by atoms with van der Waals surface area (Å²) in [6, 6.07) is 25.3. The molecule has 2 heterocycles. The highest BCUT2D eigenvalue weighted by Gasteiger charge is 2.40. The lowest BCUT2D eigenvalue weighted by molar-refractivity contribution is -0.0190. The molecule has 152 valence electrons. The number of benzene rings is 3. The van der Waals surface area contributed by atoms with Gasteiger partial charge in [0.05, 0.1) is 18.4 Å². The van der Waals surface area contributed by atoms with E-state index in [0.29, 0.717) is 0 Å². The second-order valence-electron chi connectivity index (χ2n) is 7.94. The average molecular weight is 399 g/mol. The standard InChI is InChI=1S/C26H26N2O2/c1-3-16-29-21-14-12-20(13-15-21)26-28-24(22-6-4-5-7-25(22)30-26)17-23(27-28)19-10-8-18(2)9-11-19/h4-15,24,26H,3,16-17H2,1-2H3/t24-,26-/m1/s1. The quantitative estimate of drug-likeness (QED) is 0.526. The van der Waals surface area contributed by atoms with E-state index >= 15 is 0 Å². The van der Waals surface area contributed by atoms with Gasteiger partial charge in [-0.15, -0.1) is 0 Å². The third kappa shape index (κ3) is 3.43. The van der Waals surface area contributed by atoms with Gasteiger partial charge in [0.2, 0.25) is 6.23 Å². The Morgan fingerprint density at radius 3 is 2.53 bits per heavy atom. The summed E-state index contributed by atoms with van der Waals surface area (Å²) in [6.45, 7) is 4.95. The lowest BCUT2D eigenvalue weighted by Crippen LogP contribution is -2.33. The Balaban J connectivity index is 1.50. The predicted molar refractivity (Wildman–Crippen MR) is 119 cm³/mol. The molecule has 0 saturated carbocycles. The van der Waals surface area contributed by atoms with E-state index in [1.54, 1.807) is 0 Å². The Labute approximate surface area is 177 Å². The van der Waals surface area contributed by atoms with Gasteiger partial charge in [-0.25, -0.2) is 5.01 Å². The van der Waals surface area contributed by atoms with Crippen molar-refractivity contribution in [1.82, 2.24) is 5.01 Å². The van der Waals surface area contributed by atoms with Gasteiger partial charge in [0.25, 0.3) is 0 Å². The Morgan fingerprint density at radius 1 is 1.00 bits per heavy atom. The summed E-state index contributed by atoms with van der Waals surface area (Å²) in [5.41, 5.74) is 5.81. The van der Waals surface area contributed by atoms with Gasteiger partial charge in [-0.1, -0.05) is 55.0 Å². The molecule has 0 spiro atoms. The zero-order valence-corrected chi connectivity index (χ0v) is 17.4. The van der Waals surface area contributed by atoms with Crippen molar-refractivity contribution in [3.8, 4) is 11.5 Å². The van der Waals surface area contributed by atoms with Gasteiger partial charge in [-0.2, -0.15) is 5.10 Å². The van der Waals surface area contributed by atoms with Crippen molar-refractivity contribution in [2.75, 3.05) is 6.61 Å². The number of rotatable bonds is 5. The Bertz CT molecular complexity index is 1060. The van der Waals surface area contributed by atoms with Crippen LogP contribution in [0.3, 0.4) is 0 Å². The highest BCUT2D eigenvalue weighted by atomic mass is 16.5. The highest BCUT2D eigenvalue weighted by molar-refractivity contribution is 6.02. The summed E-state index contributed by atoms with van der Waals surface area (Å²) in [6.07, 6.45) is 1.61. The SMILES string of the molecule is CCCOc1ccc([C@H]2Oc3ccccc3[C@H]3CC(c4ccc(C)cc4)=NN32)cc1. The summed E-state index contributed by atoms with van der Waals surface area (Å²) in [4.78, 5) is 0. The molecule has 0 saturated heterocycles. The van der Waals surface area contributed by atoms with E-state index in [0.717, 1.165) is 42.2 Å². The van der Waals surface area contributed by atoms with Crippen LogP contribution in [0.25, 0.3) is 0 Å². The van der Waals surface area contributed by atoms with Crippen molar-refractivity contribution < 1.29 is 9.47 Å². The minimum Gasteiger partial charge on any atom is -0.494 e. The number of hydrogen-bond donors (Lipinski definition) is 0. The molecule has 0 N–H and O–H groups in total. The summed E-state index contributed by atoms with van der Waals surface area (Å²) in [7, 11) is 0. The molecule has 30 heavy (non-hydrogen) atoms. The fourth-order valence-corrected chi connectivity index (χ4v) is 4.12. The van der Waals surface area contributed by atoms with Crippen molar-refractivity contribution in [2.24, 2.45) is 5.10 Å². The molecule has 0 aliphatic carbocycles. The van der Waals surface area contributed by atoms with Crippen LogP contribution in [0.15, 0.2) is 77.9 Å².